The number of hydrogen-bond donors (Lipinski definition) is 2. The number of carboxylic acid groups (broad SMARTS) is 2. The summed E-state index contributed by atoms with van der Waals surface area (Å²) in [5.41, 5.74) is 3.64. The van der Waals surface area contributed by atoms with Crippen LogP contribution in [0.5, 0.6) is 5.75 Å². The highest BCUT2D eigenvalue weighted by Gasteiger charge is 2.42. The van der Waals surface area contributed by atoms with Crippen LogP contribution in [-0.4, -0.2) is 41.3 Å². The Bertz CT molecular complexity index is 1570. The smallest absolute Gasteiger partial charge is 0.341 e. The molecule has 2 aromatic carbocycles. The molecule has 0 saturated heterocycles. The van der Waals surface area contributed by atoms with E-state index in [-0.39, 0.29) is 24.5 Å². The third kappa shape index (κ3) is 6.77. The van der Waals surface area contributed by atoms with Crippen molar-refractivity contribution < 1.29 is 24.5 Å². The molecule has 0 spiro atoms. The Morgan fingerprint density at radius 3 is 2.33 bits per heavy atom. The lowest BCUT2D eigenvalue weighted by atomic mass is 9.80. The van der Waals surface area contributed by atoms with E-state index in [1.165, 1.54) is 25.9 Å². The van der Waals surface area contributed by atoms with E-state index in [2.05, 4.69) is 79.4 Å². The predicted molar refractivity (Wildman–Crippen MR) is 172 cm³/mol. The molecule has 1 atom stereocenters. The van der Waals surface area contributed by atoms with Gasteiger partial charge in [-0.1, -0.05) is 44.5 Å². The van der Waals surface area contributed by atoms with Crippen LogP contribution in [0, 0.1) is 0 Å². The number of fused-ring (bicyclic) bond motifs is 1. The van der Waals surface area contributed by atoms with Crippen LogP contribution in [0.1, 0.15) is 50.0 Å². The molecule has 2 N–H and O–H groups in total. The first-order chi connectivity index (χ1) is 20.2. The molecular formula is C34H35NO5S2. The van der Waals surface area contributed by atoms with E-state index in [9.17, 15) is 9.59 Å². The fraction of sp³-hybridized carbons (Fsp3) is 0.294. The van der Waals surface area contributed by atoms with Gasteiger partial charge in [0.15, 0.2) is 6.61 Å². The standard InChI is InChI=1S/C34H35NO5S2/c1-34(2)26-8-5-6-9-27(26)35(21-7-3-4-10-32(36)37)31(34)20-16-25-15-17-29(41-25)30-19-18-28(42-30)23-11-13-24(14-12-23)40-22-33(38)39/h5-6,8-9,11-20,31H,3-4,7,10,21-22H2,1-2H3,(H,36,37)(H,38,39)/b20-16+. The number of anilines is 1. The maximum absolute atomic E-state index is 10.9. The zero-order valence-electron chi connectivity index (χ0n) is 23.8. The largest absolute Gasteiger partial charge is 0.482 e. The molecule has 0 radical (unpaired) electrons. The third-order valence-electron chi connectivity index (χ3n) is 7.69. The van der Waals surface area contributed by atoms with Crippen LogP contribution in [0.15, 0.2) is 78.9 Å². The van der Waals surface area contributed by atoms with Gasteiger partial charge in [0, 0.05) is 43.6 Å². The highest BCUT2D eigenvalue weighted by Crippen LogP contribution is 2.46. The van der Waals surface area contributed by atoms with E-state index in [1.807, 2.05) is 12.1 Å². The first kappa shape index (κ1) is 29.6. The average molecular weight is 602 g/mol. The quantitative estimate of drug-likeness (QED) is 0.150. The number of benzene rings is 2. The van der Waals surface area contributed by atoms with Gasteiger partial charge in [-0.2, -0.15) is 0 Å². The van der Waals surface area contributed by atoms with Crippen LogP contribution in [0.3, 0.4) is 0 Å². The van der Waals surface area contributed by atoms with Crippen molar-refractivity contribution in [3.63, 3.8) is 0 Å². The van der Waals surface area contributed by atoms with E-state index in [4.69, 9.17) is 14.9 Å². The highest BCUT2D eigenvalue weighted by molar-refractivity contribution is 7.24. The second kappa shape index (κ2) is 13.0. The molecule has 8 heteroatoms. The van der Waals surface area contributed by atoms with Gasteiger partial charge in [-0.15, -0.1) is 22.7 Å². The van der Waals surface area contributed by atoms with E-state index < -0.39 is 11.9 Å². The summed E-state index contributed by atoms with van der Waals surface area (Å²) in [6.07, 6.45) is 7.39. The number of aliphatic carboxylic acids is 2. The highest BCUT2D eigenvalue weighted by atomic mass is 32.1. The van der Waals surface area contributed by atoms with E-state index in [0.29, 0.717) is 12.2 Å². The van der Waals surface area contributed by atoms with Gasteiger partial charge in [0.05, 0.1) is 6.04 Å². The summed E-state index contributed by atoms with van der Waals surface area (Å²) in [4.78, 5) is 28.9. The summed E-state index contributed by atoms with van der Waals surface area (Å²) < 4.78 is 5.25. The Balaban J connectivity index is 1.28. The summed E-state index contributed by atoms with van der Waals surface area (Å²) >= 11 is 3.51. The topological polar surface area (TPSA) is 87.1 Å². The molecule has 3 heterocycles. The summed E-state index contributed by atoms with van der Waals surface area (Å²) in [5, 5.41) is 17.8. The molecule has 1 aliphatic rings. The third-order valence-corrected chi connectivity index (χ3v) is 10.1. The molecule has 4 aromatic rings. The number of hydrogen-bond acceptors (Lipinski definition) is 6. The number of para-hydroxylation sites is 1. The van der Waals surface area contributed by atoms with Crippen molar-refractivity contribution >= 4 is 46.4 Å². The van der Waals surface area contributed by atoms with Crippen molar-refractivity contribution in [3.05, 3.63) is 89.3 Å². The first-order valence-corrected chi connectivity index (χ1v) is 15.8. The van der Waals surface area contributed by atoms with Crippen molar-refractivity contribution in [1.82, 2.24) is 0 Å². The first-order valence-electron chi connectivity index (χ1n) is 14.1. The molecule has 0 bridgehead atoms. The van der Waals surface area contributed by atoms with Gasteiger partial charge in [0.1, 0.15) is 5.75 Å². The zero-order valence-corrected chi connectivity index (χ0v) is 25.4. The molecule has 6 nitrogen and oxygen atoms in total. The Kier molecular flexibility index (Phi) is 9.14. The van der Waals surface area contributed by atoms with Crippen molar-refractivity contribution in [2.75, 3.05) is 18.1 Å². The van der Waals surface area contributed by atoms with Crippen LogP contribution in [-0.2, 0) is 15.0 Å². The summed E-state index contributed by atoms with van der Waals surface area (Å²) in [6.45, 7) is 5.16. The molecule has 42 heavy (non-hydrogen) atoms. The van der Waals surface area contributed by atoms with Crippen LogP contribution < -0.4 is 9.64 Å². The van der Waals surface area contributed by atoms with Gasteiger partial charge < -0.3 is 19.8 Å². The molecule has 0 aliphatic carbocycles. The van der Waals surface area contributed by atoms with Crippen LogP contribution in [0.4, 0.5) is 5.69 Å². The number of carboxylic acids is 2. The van der Waals surface area contributed by atoms with Gasteiger partial charge in [-0.3, -0.25) is 4.79 Å². The normalized spacial score (nSPS) is 15.7. The maximum atomic E-state index is 10.9. The Hall–Kier alpha value is -3.88. The molecule has 5 rings (SSSR count). The second-order valence-corrected chi connectivity index (χ2v) is 13.2. The van der Waals surface area contributed by atoms with Gasteiger partial charge >= 0.3 is 11.9 Å². The van der Waals surface area contributed by atoms with E-state index in [0.717, 1.165) is 29.8 Å². The molecular weight excluding hydrogens is 567 g/mol. The Labute approximate surface area is 254 Å². The minimum Gasteiger partial charge on any atom is -0.482 e. The predicted octanol–water partition coefficient (Wildman–Crippen LogP) is 8.43. The van der Waals surface area contributed by atoms with E-state index >= 15 is 0 Å². The van der Waals surface area contributed by atoms with Crippen LogP contribution in [0.2, 0.25) is 0 Å². The number of unbranched alkanes of at least 4 members (excludes halogenated alkanes) is 2. The van der Waals surface area contributed by atoms with E-state index in [1.54, 1.807) is 34.8 Å². The van der Waals surface area contributed by atoms with Crippen LogP contribution >= 0.6 is 22.7 Å². The van der Waals surface area contributed by atoms with Gasteiger partial charge in [-0.05, 0) is 84.6 Å². The number of thiophene rings is 2. The number of nitrogens with zero attached hydrogens (tertiary/aromatic N) is 1. The molecule has 0 saturated carbocycles. The SMILES string of the molecule is CC1(C)c2ccccc2N(CCCCCC(=O)O)C1/C=C/c1ccc(-c2ccc(-c3ccc(OCC(=O)O)cc3)s2)s1. The number of ether oxygens (including phenoxy) is 1. The number of rotatable bonds is 13. The summed E-state index contributed by atoms with van der Waals surface area (Å²) in [7, 11) is 0. The molecule has 2 aromatic heterocycles. The van der Waals surface area contributed by atoms with Crippen LogP contribution in [0.25, 0.3) is 26.3 Å². The molecule has 0 amide bonds. The van der Waals surface area contributed by atoms with Gasteiger partial charge in [0.25, 0.3) is 0 Å². The Morgan fingerprint density at radius 2 is 1.57 bits per heavy atom. The Morgan fingerprint density at radius 1 is 0.857 bits per heavy atom. The van der Waals surface area contributed by atoms with Gasteiger partial charge in [0.2, 0.25) is 0 Å². The minimum atomic E-state index is -0.994. The fourth-order valence-electron chi connectivity index (χ4n) is 5.55. The zero-order chi connectivity index (χ0) is 29.7. The number of carbonyl (C=O) groups is 2. The second-order valence-electron chi connectivity index (χ2n) is 11.0. The van der Waals surface area contributed by atoms with Crippen molar-refractivity contribution in [2.24, 2.45) is 0 Å². The van der Waals surface area contributed by atoms with Gasteiger partial charge in [-0.25, -0.2) is 4.79 Å². The lowest BCUT2D eigenvalue weighted by Gasteiger charge is -2.32. The molecule has 218 valence electrons. The fourth-order valence-corrected chi connectivity index (χ4v) is 7.58. The molecule has 1 unspecified atom stereocenters. The monoisotopic (exact) mass is 601 g/mol. The lowest BCUT2D eigenvalue weighted by molar-refractivity contribution is -0.139. The van der Waals surface area contributed by atoms with Crippen molar-refractivity contribution in [1.29, 1.82) is 0 Å². The molecule has 1 aliphatic heterocycles. The van der Waals surface area contributed by atoms with Crippen molar-refractivity contribution in [3.8, 4) is 25.9 Å². The summed E-state index contributed by atoms with van der Waals surface area (Å²) in [6, 6.07) is 25.0. The minimum absolute atomic E-state index is 0.0505. The van der Waals surface area contributed by atoms with Crippen molar-refractivity contribution in [2.45, 2.75) is 51.0 Å². The lowest BCUT2D eigenvalue weighted by Crippen LogP contribution is -2.40. The summed E-state index contributed by atoms with van der Waals surface area (Å²) in [5.74, 6) is -1.18. The average Bonchev–Trinajstić information content (AvgIpc) is 3.69. The molecule has 0 fully saturated rings. The maximum Gasteiger partial charge on any atom is 0.341 e.